The average Bonchev–Trinajstić information content (AvgIpc) is 2.41. The van der Waals surface area contributed by atoms with E-state index in [1.807, 2.05) is 31.2 Å². The van der Waals surface area contributed by atoms with Crippen LogP contribution in [0.15, 0.2) is 24.3 Å². The van der Waals surface area contributed by atoms with E-state index in [9.17, 15) is 4.79 Å². The minimum absolute atomic E-state index is 0.0419. The van der Waals surface area contributed by atoms with Gasteiger partial charge in [0.25, 0.3) is 0 Å². The van der Waals surface area contributed by atoms with Gasteiger partial charge in [-0.2, -0.15) is 0 Å². The maximum Gasteiger partial charge on any atom is 0.235 e. The predicted molar refractivity (Wildman–Crippen MR) is 51.4 cm³/mol. The Morgan fingerprint density at radius 1 is 1.46 bits per heavy atom. The number of nitrogens with zero attached hydrogens (tertiary/aromatic N) is 1. The van der Waals surface area contributed by atoms with Crippen LogP contribution < -0.4 is 10.6 Å². The van der Waals surface area contributed by atoms with Crippen LogP contribution in [-0.2, 0) is 4.79 Å². The van der Waals surface area contributed by atoms with Crippen molar-refractivity contribution in [1.82, 2.24) is 0 Å². The van der Waals surface area contributed by atoms with Gasteiger partial charge >= 0.3 is 0 Å². The zero-order valence-corrected chi connectivity index (χ0v) is 7.53. The number of benzene rings is 1. The summed E-state index contributed by atoms with van der Waals surface area (Å²) in [4.78, 5) is 13.3. The molecule has 1 heterocycles. The summed E-state index contributed by atoms with van der Waals surface area (Å²) in [6.07, 6.45) is 0. The third kappa shape index (κ3) is 1.04. The number of carbonyl (C=O) groups excluding carboxylic acids is 1. The van der Waals surface area contributed by atoms with E-state index < -0.39 is 0 Å². The molecule has 1 aromatic carbocycles. The van der Waals surface area contributed by atoms with Gasteiger partial charge in [-0.05, 0) is 18.6 Å². The maximum atomic E-state index is 11.6. The summed E-state index contributed by atoms with van der Waals surface area (Å²) >= 11 is 0. The quantitative estimate of drug-likeness (QED) is 0.695. The first-order valence-electron chi connectivity index (χ1n) is 4.36. The molecule has 1 amide bonds. The van der Waals surface area contributed by atoms with E-state index in [1.54, 1.807) is 4.90 Å². The van der Waals surface area contributed by atoms with Crippen LogP contribution >= 0.6 is 0 Å². The normalized spacial score (nSPS) is 20.6. The number of rotatable bonds is 1. The van der Waals surface area contributed by atoms with Crippen molar-refractivity contribution in [1.29, 1.82) is 0 Å². The predicted octanol–water partition coefficient (Wildman–Crippen LogP) is 1.05. The Labute approximate surface area is 77.1 Å². The molecule has 0 saturated heterocycles. The molecule has 3 nitrogen and oxygen atoms in total. The van der Waals surface area contributed by atoms with E-state index in [0.717, 1.165) is 11.3 Å². The molecule has 13 heavy (non-hydrogen) atoms. The van der Waals surface area contributed by atoms with Crippen LogP contribution in [0, 0.1) is 0 Å². The molecule has 1 unspecified atom stereocenters. The number of nitrogens with two attached hydrogens (primary N) is 1. The van der Waals surface area contributed by atoms with Crippen molar-refractivity contribution in [3.8, 4) is 0 Å². The molecule has 0 radical (unpaired) electrons. The van der Waals surface area contributed by atoms with Gasteiger partial charge in [0.15, 0.2) is 0 Å². The minimum Gasteiger partial charge on any atom is -0.313 e. The highest BCUT2D eigenvalue weighted by Gasteiger charge is 2.32. The van der Waals surface area contributed by atoms with Crippen LogP contribution in [0.25, 0.3) is 0 Å². The van der Waals surface area contributed by atoms with Gasteiger partial charge in [0, 0.05) is 5.69 Å². The Morgan fingerprint density at radius 3 is 2.85 bits per heavy atom. The summed E-state index contributed by atoms with van der Waals surface area (Å²) in [7, 11) is 0. The van der Waals surface area contributed by atoms with Crippen molar-refractivity contribution in [2.45, 2.75) is 12.8 Å². The van der Waals surface area contributed by atoms with Crippen molar-refractivity contribution in [3.05, 3.63) is 29.8 Å². The second-order valence-corrected chi connectivity index (χ2v) is 3.23. The molecule has 68 valence electrons. The van der Waals surface area contributed by atoms with Gasteiger partial charge in [-0.15, -0.1) is 0 Å². The number of para-hydroxylation sites is 1. The first-order chi connectivity index (χ1) is 6.25. The van der Waals surface area contributed by atoms with Gasteiger partial charge < -0.3 is 5.73 Å². The molecule has 2 rings (SSSR count). The molecule has 1 atom stereocenters. The van der Waals surface area contributed by atoms with Gasteiger partial charge in [0.05, 0.1) is 12.6 Å². The van der Waals surface area contributed by atoms with Crippen LogP contribution in [0.2, 0.25) is 0 Å². The number of hydrogen-bond acceptors (Lipinski definition) is 2. The molecule has 1 aliphatic heterocycles. The van der Waals surface area contributed by atoms with Crippen molar-refractivity contribution in [2.24, 2.45) is 5.73 Å². The lowest BCUT2D eigenvalue weighted by Gasteiger charge is -2.13. The third-order valence-corrected chi connectivity index (χ3v) is 2.51. The fourth-order valence-electron chi connectivity index (χ4n) is 1.77. The van der Waals surface area contributed by atoms with Gasteiger partial charge in [0.2, 0.25) is 5.91 Å². The van der Waals surface area contributed by atoms with Gasteiger partial charge in [-0.3, -0.25) is 9.69 Å². The van der Waals surface area contributed by atoms with E-state index in [-0.39, 0.29) is 18.5 Å². The lowest BCUT2D eigenvalue weighted by molar-refractivity contribution is -0.118. The second-order valence-electron chi connectivity index (χ2n) is 3.23. The molecule has 0 spiro atoms. The summed E-state index contributed by atoms with van der Waals surface area (Å²) in [5, 5.41) is 0. The first kappa shape index (κ1) is 8.26. The molecule has 0 aromatic heterocycles. The molecule has 1 aliphatic rings. The van der Waals surface area contributed by atoms with E-state index in [1.165, 1.54) is 0 Å². The molecular formula is C10H12N2O. The Hall–Kier alpha value is -1.35. The van der Waals surface area contributed by atoms with E-state index >= 15 is 0 Å². The number of carbonyl (C=O) groups is 1. The van der Waals surface area contributed by atoms with Gasteiger partial charge in [0.1, 0.15) is 0 Å². The number of anilines is 1. The van der Waals surface area contributed by atoms with Crippen molar-refractivity contribution in [2.75, 3.05) is 11.6 Å². The zero-order valence-electron chi connectivity index (χ0n) is 7.53. The van der Waals surface area contributed by atoms with Crippen LogP contribution in [0.1, 0.15) is 18.4 Å². The third-order valence-electron chi connectivity index (χ3n) is 2.51. The average molecular weight is 176 g/mol. The van der Waals surface area contributed by atoms with E-state index in [4.69, 9.17) is 5.73 Å². The van der Waals surface area contributed by atoms with E-state index in [2.05, 4.69) is 0 Å². The number of amides is 1. The van der Waals surface area contributed by atoms with Crippen molar-refractivity contribution < 1.29 is 4.79 Å². The van der Waals surface area contributed by atoms with Crippen LogP contribution in [0.4, 0.5) is 5.69 Å². The van der Waals surface area contributed by atoms with E-state index in [0.29, 0.717) is 0 Å². The largest absolute Gasteiger partial charge is 0.313 e. The molecule has 0 saturated carbocycles. The summed E-state index contributed by atoms with van der Waals surface area (Å²) in [5.41, 5.74) is 7.55. The summed E-state index contributed by atoms with van der Waals surface area (Å²) < 4.78 is 0. The minimum atomic E-state index is -0.0419. The topological polar surface area (TPSA) is 46.3 Å². The van der Waals surface area contributed by atoms with Crippen LogP contribution in [0.5, 0.6) is 0 Å². The van der Waals surface area contributed by atoms with Crippen molar-refractivity contribution >= 4 is 11.6 Å². The lowest BCUT2D eigenvalue weighted by atomic mass is 10.0. The molecule has 1 aromatic rings. The second kappa shape index (κ2) is 2.85. The lowest BCUT2D eigenvalue weighted by Crippen LogP contribution is -2.33. The molecular weight excluding hydrogens is 164 g/mol. The fourth-order valence-corrected chi connectivity index (χ4v) is 1.77. The highest BCUT2D eigenvalue weighted by Crippen LogP contribution is 2.35. The maximum absolute atomic E-state index is 11.6. The Bertz CT molecular complexity index is 349. The van der Waals surface area contributed by atoms with Crippen LogP contribution in [0.3, 0.4) is 0 Å². The van der Waals surface area contributed by atoms with Crippen molar-refractivity contribution in [3.63, 3.8) is 0 Å². The molecule has 0 bridgehead atoms. The summed E-state index contributed by atoms with van der Waals surface area (Å²) in [6.45, 7) is 2.18. The Balaban J connectivity index is 2.53. The monoisotopic (exact) mass is 176 g/mol. The number of hydrogen-bond donors (Lipinski definition) is 1. The summed E-state index contributed by atoms with van der Waals surface area (Å²) in [6, 6.07) is 7.78. The SMILES string of the molecule is CC1C(=O)N(CN)c2ccccc21. The molecule has 0 fully saturated rings. The number of fused-ring (bicyclic) bond motifs is 1. The summed E-state index contributed by atoms with van der Waals surface area (Å²) in [5.74, 6) is 0.0588. The molecule has 0 aliphatic carbocycles. The van der Waals surface area contributed by atoms with Gasteiger partial charge in [-0.1, -0.05) is 18.2 Å². The Morgan fingerprint density at radius 2 is 2.15 bits per heavy atom. The molecule has 3 heteroatoms. The van der Waals surface area contributed by atoms with Gasteiger partial charge in [-0.25, -0.2) is 0 Å². The van der Waals surface area contributed by atoms with Crippen LogP contribution in [-0.4, -0.2) is 12.6 Å². The fraction of sp³-hybridized carbons (Fsp3) is 0.300. The zero-order chi connectivity index (χ0) is 9.42. The highest BCUT2D eigenvalue weighted by molar-refractivity contribution is 6.04. The standard InChI is InChI=1S/C10H12N2O/c1-7-8-4-2-3-5-9(8)12(6-11)10(7)13/h2-5,7H,6,11H2,1H3. The smallest absolute Gasteiger partial charge is 0.235 e. The first-order valence-corrected chi connectivity index (χ1v) is 4.36. The molecule has 2 N–H and O–H groups in total. The highest BCUT2D eigenvalue weighted by atomic mass is 16.2. The Kier molecular flexibility index (Phi) is 1.81.